The Kier molecular flexibility index (Phi) is 6.12. The lowest BCUT2D eigenvalue weighted by Gasteiger charge is -2.00. The second kappa shape index (κ2) is 8.81. The van der Waals surface area contributed by atoms with Gasteiger partial charge in [0.2, 0.25) is 5.91 Å². The van der Waals surface area contributed by atoms with Gasteiger partial charge in [0.1, 0.15) is 5.52 Å². The Bertz CT molecular complexity index is 1340. The number of oxazole rings is 1. The van der Waals surface area contributed by atoms with E-state index in [1.54, 1.807) is 13.0 Å². The average Bonchev–Trinajstić information content (AvgIpc) is 3.39. The predicted molar refractivity (Wildman–Crippen MR) is 123 cm³/mol. The first-order chi connectivity index (χ1) is 14.8. The highest BCUT2D eigenvalue weighted by molar-refractivity contribution is 7.99. The molecule has 7 nitrogen and oxygen atoms in total. The third-order valence-corrected chi connectivity index (χ3v) is 7.82. The molecule has 0 radical (unpaired) electrons. The molecule has 2 heterocycles. The van der Waals surface area contributed by atoms with E-state index in [2.05, 4.69) is 15.3 Å². The minimum Gasteiger partial charge on any atom is -0.431 e. The van der Waals surface area contributed by atoms with Gasteiger partial charge in [0.05, 0.1) is 22.1 Å². The molecule has 2 aromatic carbocycles. The number of benzene rings is 2. The third-order valence-electron chi connectivity index (χ3n) is 4.50. The lowest BCUT2D eigenvalue weighted by atomic mass is 10.1. The summed E-state index contributed by atoms with van der Waals surface area (Å²) in [5.41, 5.74) is 3.89. The van der Waals surface area contributed by atoms with E-state index >= 15 is 0 Å². The van der Waals surface area contributed by atoms with Gasteiger partial charge >= 0.3 is 0 Å². The number of sulfone groups is 1. The van der Waals surface area contributed by atoms with Crippen molar-refractivity contribution in [2.24, 2.45) is 0 Å². The van der Waals surface area contributed by atoms with Gasteiger partial charge in [-0.2, -0.15) is 0 Å². The van der Waals surface area contributed by atoms with E-state index in [4.69, 9.17) is 4.42 Å². The Hall–Kier alpha value is -2.69. The van der Waals surface area contributed by atoms with E-state index in [1.165, 1.54) is 29.0 Å². The van der Waals surface area contributed by atoms with Crippen molar-refractivity contribution in [2.75, 3.05) is 16.8 Å². The fourth-order valence-corrected chi connectivity index (χ4v) is 5.05. The van der Waals surface area contributed by atoms with Crippen molar-refractivity contribution in [1.29, 1.82) is 0 Å². The molecule has 160 valence electrons. The maximum atomic E-state index is 12.3. The number of anilines is 1. The van der Waals surface area contributed by atoms with Crippen LogP contribution in [0.15, 0.2) is 62.4 Å². The van der Waals surface area contributed by atoms with Crippen molar-refractivity contribution in [3.05, 3.63) is 53.4 Å². The van der Waals surface area contributed by atoms with Gasteiger partial charge in [-0.05, 0) is 25.1 Å². The second-order valence-corrected chi connectivity index (χ2v) is 10.8. The van der Waals surface area contributed by atoms with Crippen LogP contribution in [0.1, 0.15) is 12.5 Å². The van der Waals surface area contributed by atoms with Gasteiger partial charge in [-0.3, -0.25) is 4.79 Å². The van der Waals surface area contributed by atoms with Gasteiger partial charge in [0.25, 0.3) is 5.22 Å². The largest absolute Gasteiger partial charge is 0.431 e. The number of amides is 1. The number of rotatable bonds is 7. The Labute approximate surface area is 187 Å². The zero-order valence-corrected chi connectivity index (χ0v) is 19.2. The van der Waals surface area contributed by atoms with Crippen LogP contribution in [0.25, 0.3) is 22.4 Å². The molecule has 0 fully saturated rings. The number of aryl methyl sites for hydroxylation is 1. The van der Waals surface area contributed by atoms with E-state index < -0.39 is 9.84 Å². The number of fused-ring (bicyclic) bond motifs is 1. The Morgan fingerprint density at radius 2 is 1.94 bits per heavy atom. The fourth-order valence-electron chi connectivity index (χ4n) is 2.78. The van der Waals surface area contributed by atoms with Crippen LogP contribution >= 0.6 is 23.1 Å². The van der Waals surface area contributed by atoms with Crippen molar-refractivity contribution in [2.45, 2.75) is 24.0 Å². The summed E-state index contributed by atoms with van der Waals surface area (Å²) in [7, 11) is -3.32. The lowest BCUT2D eigenvalue weighted by Crippen LogP contribution is -2.13. The first kappa shape index (κ1) is 21.5. The number of nitrogens with zero attached hydrogens (tertiary/aromatic N) is 2. The van der Waals surface area contributed by atoms with E-state index in [0.29, 0.717) is 21.5 Å². The average molecular weight is 474 g/mol. The Morgan fingerprint density at radius 1 is 1.16 bits per heavy atom. The molecule has 1 N–H and O–H groups in total. The van der Waals surface area contributed by atoms with Gasteiger partial charge in [-0.1, -0.05) is 48.5 Å². The SMILES string of the molecule is CCS(=O)(=O)c1ccc2oc(SCC(=O)Nc3nc(-c4ccc(C)cc4)cs3)nc2c1. The van der Waals surface area contributed by atoms with Crippen LogP contribution in [0.4, 0.5) is 5.13 Å². The van der Waals surface area contributed by atoms with Crippen molar-refractivity contribution in [3.63, 3.8) is 0 Å². The number of hydrogen-bond acceptors (Lipinski definition) is 8. The monoisotopic (exact) mass is 473 g/mol. The zero-order valence-electron chi connectivity index (χ0n) is 16.8. The summed E-state index contributed by atoms with van der Waals surface area (Å²) in [6.07, 6.45) is 0. The number of hydrogen-bond donors (Lipinski definition) is 1. The van der Waals surface area contributed by atoms with Crippen molar-refractivity contribution in [3.8, 4) is 11.3 Å². The number of carbonyl (C=O) groups is 1. The van der Waals surface area contributed by atoms with Crippen LogP contribution in [-0.4, -0.2) is 35.8 Å². The lowest BCUT2D eigenvalue weighted by molar-refractivity contribution is -0.113. The topological polar surface area (TPSA) is 102 Å². The highest BCUT2D eigenvalue weighted by Crippen LogP contribution is 2.27. The summed E-state index contributed by atoms with van der Waals surface area (Å²) in [6, 6.07) is 12.6. The molecule has 31 heavy (non-hydrogen) atoms. The number of aromatic nitrogens is 2. The molecule has 4 aromatic rings. The van der Waals surface area contributed by atoms with Crippen LogP contribution in [0.3, 0.4) is 0 Å². The van der Waals surface area contributed by atoms with E-state index in [1.807, 2.05) is 36.6 Å². The van der Waals surface area contributed by atoms with Crippen molar-refractivity contribution in [1.82, 2.24) is 9.97 Å². The molecule has 0 aliphatic carbocycles. The van der Waals surface area contributed by atoms with Crippen LogP contribution < -0.4 is 5.32 Å². The van der Waals surface area contributed by atoms with Gasteiger partial charge in [0.15, 0.2) is 20.6 Å². The standard InChI is InChI=1S/C21H19N3O4S3/c1-3-31(26,27)15-8-9-18-16(10-15)23-21(28-18)30-12-19(25)24-20-22-17(11-29-20)14-6-4-13(2)5-7-14/h4-11H,3,12H2,1-2H3,(H,22,24,25). The van der Waals surface area contributed by atoms with Crippen molar-refractivity contribution < 1.29 is 17.6 Å². The minimum atomic E-state index is -3.32. The highest BCUT2D eigenvalue weighted by atomic mass is 32.2. The molecule has 0 spiro atoms. The molecule has 1 amide bonds. The summed E-state index contributed by atoms with van der Waals surface area (Å²) in [5.74, 6) is -0.126. The summed E-state index contributed by atoms with van der Waals surface area (Å²) in [5, 5.41) is 5.50. The normalized spacial score (nSPS) is 11.7. The second-order valence-electron chi connectivity index (χ2n) is 6.75. The summed E-state index contributed by atoms with van der Waals surface area (Å²) >= 11 is 2.50. The maximum Gasteiger partial charge on any atom is 0.257 e. The third kappa shape index (κ3) is 4.97. The van der Waals surface area contributed by atoms with E-state index in [0.717, 1.165) is 23.0 Å². The number of thiazole rings is 1. The van der Waals surface area contributed by atoms with Gasteiger partial charge in [-0.25, -0.2) is 18.4 Å². The number of thioether (sulfide) groups is 1. The molecule has 0 bridgehead atoms. The fraction of sp³-hybridized carbons (Fsp3) is 0.190. The predicted octanol–water partition coefficient (Wildman–Crippen LogP) is 4.78. The van der Waals surface area contributed by atoms with Gasteiger partial charge < -0.3 is 9.73 Å². The molecule has 0 saturated heterocycles. The molecule has 0 aliphatic rings. The molecule has 0 aliphatic heterocycles. The molecule has 0 saturated carbocycles. The number of nitrogens with one attached hydrogen (secondary N) is 1. The quantitative estimate of drug-likeness (QED) is 0.385. The summed E-state index contributed by atoms with van der Waals surface area (Å²) in [4.78, 5) is 21.3. The molecular weight excluding hydrogens is 454 g/mol. The van der Waals surface area contributed by atoms with Crippen LogP contribution in [0, 0.1) is 6.92 Å². The molecule has 2 aromatic heterocycles. The van der Waals surface area contributed by atoms with Crippen LogP contribution in [0.2, 0.25) is 0 Å². The highest BCUT2D eigenvalue weighted by Gasteiger charge is 2.16. The van der Waals surface area contributed by atoms with E-state index in [9.17, 15) is 13.2 Å². The molecule has 0 unspecified atom stereocenters. The van der Waals surface area contributed by atoms with Gasteiger partial charge in [0, 0.05) is 10.9 Å². The first-order valence-corrected chi connectivity index (χ1v) is 12.9. The number of carbonyl (C=O) groups excluding carboxylic acids is 1. The molecule has 0 atom stereocenters. The first-order valence-electron chi connectivity index (χ1n) is 9.42. The minimum absolute atomic E-state index is 0.0144. The van der Waals surface area contributed by atoms with E-state index in [-0.39, 0.29) is 22.3 Å². The van der Waals surface area contributed by atoms with Crippen LogP contribution in [0.5, 0.6) is 0 Å². The summed E-state index contributed by atoms with van der Waals surface area (Å²) in [6.45, 7) is 3.62. The summed E-state index contributed by atoms with van der Waals surface area (Å²) < 4.78 is 29.7. The molecule has 10 heteroatoms. The van der Waals surface area contributed by atoms with Gasteiger partial charge in [-0.15, -0.1) is 11.3 Å². The Morgan fingerprint density at radius 3 is 2.68 bits per heavy atom. The Balaban J connectivity index is 1.39. The molecule has 4 rings (SSSR count). The van der Waals surface area contributed by atoms with Crippen molar-refractivity contribution >= 4 is 55.1 Å². The van der Waals surface area contributed by atoms with Crippen LogP contribution in [-0.2, 0) is 14.6 Å². The zero-order chi connectivity index (χ0) is 22.0. The maximum absolute atomic E-state index is 12.3. The smallest absolute Gasteiger partial charge is 0.257 e. The molecular formula is C21H19N3O4S3.